The zero-order valence-electron chi connectivity index (χ0n) is 9.95. The molecule has 0 radical (unpaired) electrons. The monoisotopic (exact) mass is 357 g/mol. The highest BCUT2D eigenvalue weighted by Crippen LogP contribution is 1.90. The molecule has 0 aromatic carbocycles. The van der Waals surface area contributed by atoms with Crippen LogP contribution in [0.1, 0.15) is 19.3 Å². The topological polar surface area (TPSA) is 64.6 Å². The van der Waals surface area contributed by atoms with Crippen LogP contribution in [0.15, 0.2) is 0 Å². The van der Waals surface area contributed by atoms with Gasteiger partial charge in [0.05, 0.1) is 24.2 Å². The number of carbonyl (C=O) groups excluding carboxylic acids is 2. The SMILES string of the molecule is O=CCCOCCOCCCCNC(=O)CI. The van der Waals surface area contributed by atoms with E-state index in [0.717, 1.165) is 19.1 Å². The number of ether oxygens (including phenoxy) is 2. The summed E-state index contributed by atoms with van der Waals surface area (Å²) in [6, 6.07) is 0. The Labute approximate surface area is 116 Å². The van der Waals surface area contributed by atoms with Crippen LogP contribution < -0.4 is 5.32 Å². The maximum absolute atomic E-state index is 10.9. The van der Waals surface area contributed by atoms with Gasteiger partial charge in [-0.2, -0.15) is 0 Å². The molecule has 1 N–H and O–H groups in total. The fourth-order valence-electron chi connectivity index (χ4n) is 1.06. The average Bonchev–Trinajstić information content (AvgIpc) is 2.35. The zero-order valence-corrected chi connectivity index (χ0v) is 12.1. The van der Waals surface area contributed by atoms with E-state index in [1.165, 1.54) is 0 Å². The van der Waals surface area contributed by atoms with Gasteiger partial charge in [0.1, 0.15) is 6.29 Å². The van der Waals surface area contributed by atoms with Crippen LogP contribution in [0, 0.1) is 0 Å². The number of halogens is 1. The Morgan fingerprint density at radius 1 is 1.12 bits per heavy atom. The molecule has 0 aromatic heterocycles. The van der Waals surface area contributed by atoms with Crippen molar-refractivity contribution in [3.8, 4) is 0 Å². The Hall–Kier alpha value is -0.210. The molecular weight excluding hydrogens is 337 g/mol. The van der Waals surface area contributed by atoms with E-state index < -0.39 is 0 Å². The van der Waals surface area contributed by atoms with Crippen molar-refractivity contribution in [2.45, 2.75) is 19.3 Å². The van der Waals surface area contributed by atoms with Crippen LogP contribution >= 0.6 is 22.6 Å². The Morgan fingerprint density at radius 3 is 2.47 bits per heavy atom. The van der Waals surface area contributed by atoms with Crippen LogP contribution in [-0.4, -0.2) is 49.6 Å². The summed E-state index contributed by atoms with van der Waals surface area (Å²) in [5, 5.41) is 2.80. The minimum Gasteiger partial charge on any atom is -0.379 e. The summed E-state index contributed by atoms with van der Waals surface area (Å²) in [7, 11) is 0. The van der Waals surface area contributed by atoms with Gasteiger partial charge in [-0.3, -0.25) is 4.79 Å². The van der Waals surface area contributed by atoms with Crippen molar-refractivity contribution in [1.82, 2.24) is 5.32 Å². The number of nitrogens with one attached hydrogen (secondary N) is 1. The second-order valence-electron chi connectivity index (χ2n) is 3.37. The number of hydrogen-bond acceptors (Lipinski definition) is 4. The van der Waals surface area contributed by atoms with Crippen molar-refractivity contribution in [1.29, 1.82) is 0 Å². The van der Waals surface area contributed by atoms with Crippen LogP contribution in [0.5, 0.6) is 0 Å². The maximum atomic E-state index is 10.9. The quantitative estimate of drug-likeness (QED) is 0.244. The zero-order chi connectivity index (χ0) is 12.8. The van der Waals surface area contributed by atoms with Crippen LogP contribution in [0.4, 0.5) is 0 Å². The normalized spacial score (nSPS) is 10.2. The van der Waals surface area contributed by atoms with Crippen LogP contribution in [0.3, 0.4) is 0 Å². The number of unbranched alkanes of at least 4 members (excludes halogenated alkanes) is 1. The number of hydrogen-bond donors (Lipinski definition) is 1. The third-order valence-electron chi connectivity index (χ3n) is 1.91. The number of aldehydes is 1. The lowest BCUT2D eigenvalue weighted by Gasteiger charge is -2.05. The first-order valence-corrected chi connectivity index (χ1v) is 7.25. The van der Waals surface area contributed by atoms with Crippen molar-refractivity contribution in [3.63, 3.8) is 0 Å². The number of amides is 1. The Morgan fingerprint density at radius 2 is 1.82 bits per heavy atom. The van der Waals surface area contributed by atoms with Gasteiger partial charge >= 0.3 is 0 Å². The first-order valence-electron chi connectivity index (χ1n) is 5.73. The smallest absolute Gasteiger partial charge is 0.229 e. The molecule has 0 aliphatic rings. The third-order valence-corrected chi connectivity index (χ3v) is 2.60. The maximum Gasteiger partial charge on any atom is 0.229 e. The third kappa shape index (κ3) is 13.7. The number of alkyl halides is 1. The Kier molecular flexibility index (Phi) is 13.7. The molecule has 17 heavy (non-hydrogen) atoms. The molecule has 0 atom stereocenters. The van der Waals surface area contributed by atoms with Gasteiger partial charge < -0.3 is 19.6 Å². The van der Waals surface area contributed by atoms with Crippen LogP contribution in [0.25, 0.3) is 0 Å². The summed E-state index contributed by atoms with van der Waals surface area (Å²) in [6.45, 7) is 2.94. The van der Waals surface area contributed by atoms with E-state index in [1.54, 1.807) is 0 Å². The first-order chi connectivity index (χ1) is 8.31. The molecule has 5 nitrogen and oxygen atoms in total. The second-order valence-corrected chi connectivity index (χ2v) is 4.13. The van der Waals surface area contributed by atoms with Crippen molar-refractivity contribution >= 4 is 34.8 Å². The molecule has 6 heteroatoms. The minimum atomic E-state index is 0.0788. The molecule has 0 saturated carbocycles. The lowest BCUT2D eigenvalue weighted by molar-refractivity contribution is -0.118. The summed E-state index contributed by atoms with van der Waals surface area (Å²) in [5.74, 6) is 0.0788. The molecule has 0 aliphatic carbocycles. The molecule has 1 amide bonds. The van der Waals surface area contributed by atoms with E-state index in [4.69, 9.17) is 9.47 Å². The van der Waals surface area contributed by atoms with Gasteiger partial charge in [0.2, 0.25) is 5.91 Å². The van der Waals surface area contributed by atoms with Crippen molar-refractivity contribution < 1.29 is 19.1 Å². The van der Waals surface area contributed by atoms with E-state index in [1.807, 2.05) is 22.6 Å². The van der Waals surface area contributed by atoms with Crippen LogP contribution in [0.2, 0.25) is 0 Å². The molecular formula is C11H20INO4. The molecule has 0 aromatic rings. The highest BCUT2D eigenvalue weighted by Gasteiger charge is 1.96. The van der Waals surface area contributed by atoms with Crippen molar-refractivity contribution in [3.05, 3.63) is 0 Å². The average molecular weight is 357 g/mol. The molecule has 0 rings (SSSR count). The first kappa shape index (κ1) is 16.8. The van der Waals surface area contributed by atoms with E-state index in [9.17, 15) is 9.59 Å². The lowest BCUT2D eigenvalue weighted by atomic mass is 10.3. The molecule has 0 spiro atoms. The molecule has 0 fully saturated rings. The Balaban J connectivity index is 2.98. The highest BCUT2D eigenvalue weighted by molar-refractivity contribution is 14.1. The summed E-state index contributed by atoms with van der Waals surface area (Å²) in [4.78, 5) is 20.8. The van der Waals surface area contributed by atoms with Crippen molar-refractivity contribution in [2.24, 2.45) is 0 Å². The van der Waals surface area contributed by atoms with E-state index >= 15 is 0 Å². The number of rotatable bonds is 12. The summed E-state index contributed by atoms with van der Waals surface area (Å²) in [6.07, 6.45) is 3.13. The largest absolute Gasteiger partial charge is 0.379 e. The standard InChI is InChI=1S/C11H20INO4/c12-10-11(15)13-4-1-2-6-16-8-9-17-7-3-5-14/h5H,1-4,6-10H2,(H,13,15). The molecule has 0 bridgehead atoms. The van der Waals surface area contributed by atoms with Crippen LogP contribution in [-0.2, 0) is 19.1 Å². The minimum absolute atomic E-state index is 0.0788. The van der Waals surface area contributed by atoms with Gasteiger partial charge in [-0.1, -0.05) is 22.6 Å². The van der Waals surface area contributed by atoms with Gasteiger partial charge in [-0.25, -0.2) is 0 Å². The molecule has 100 valence electrons. The molecule has 0 aliphatic heterocycles. The van der Waals surface area contributed by atoms with Gasteiger partial charge in [-0.15, -0.1) is 0 Å². The lowest BCUT2D eigenvalue weighted by Crippen LogP contribution is -2.25. The fraction of sp³-hybridized carbons (Fsp3) is 0.818. The molecule has 0 heterocycles. The van der Waals surface area contributed by atoms with E-state index in [2.05, 4.69) is 5.32 Å². The predicted molar refractivity (Wildman–Crippen MR) is 73.4 cm³/mol. The van der Waals surface area contributed by atoms with Gasteiger partial charge in [0.15, 0.2) is 0 Å². The fourth-order valence-corrected chi connectivity index (χ4v) is 1.33. The summed E-state index contributed by atoms with van der Waals surface area (Å²) in [5.41, 5.74) is 0. The van der Waals surface area contributed by atoms with Gasteiger partial charge in [0.25, 0.3) is 0 Å². The molecule has 0 saturated heterocycles. The second kappa shape index (κ2) is 13.9. The van der Waals surface area contributed by atoms with E-state index in [0.29, 0.717) is 43.8 Å². The highest BCUT2D eigenvalue weighted by atomic mass is 127. The van der Waals surface area contributed by atoms with Crippen molar-refractivity contribution in [2.75, 3.05) is 37.4 Å². The van der Waals surface area contributed by atoms with E-state index in [-0.39, 0.29) is 5.91 Å². The van der Waals surface area contributed by atoms with Gasteiger partial charge in [0, 0.05) is 19.6 Å². The number of carbonyl (C=O) groups is 2. The summed E-state index contributed by atoms with van der Waals surface area (Å²) < 4.78 is 11.0. The predicted octanol–water partition coefficient (Wildman–Crippen LogP) is 0.940. The van der Waals surface area contributed by atoms with Gasteiger partial charge in [-0.05, 0) is 12.8 Å². The summed E-state index contributed by atoms with van der Waals surface area (Å²) >= 11 is 2.03. The molecule has 0 unspecified atom stereocenters. The Bertz CT molecular complexity index is 202.